The molecular weight excluding hydrogens is 135 g/mol. The summed E-state index contributed by atoms with van der Waals surface area (Å²) in [6.07, 6.45) is 0. The Morgan fingerprint density at radius 1 is 2.00 bits per heavy atom. The van der Waals surface area contributed by atoms with Gasteiger partial charge in [-0.05, 0) is 18.7 Å². The van der Waals surface area contributed by atoms with Gasteiger partial charge < -0.3 is 4.52 Å². The lowest BCUT2D eigenvalue weighted by Gasteiger charge is -1.92. The number of rotatable bonds is 2. The van der Waals surface area contributed by atoms with E-state index < -0.39 is 0 Å². The van der Waals surface area contributed by atoms with Crippen molar-refractivity contribution in [3.63, 3.8) is 0 Å². The van der Waals surface area contributed by atoms with Gasteiger partial charge in [-0.15, -0.1) is 12.6 Å². The molecule has 0 radical (unpaired) electrons. The van der Waals surface area contributed by atoms with Crippen LogP contribution in [0.15, 0.2) is 0 Å². The van der Waals surface area contributed by atoms with Crippen LogP contribution in [0, 0.1) is 0 Å². The van der Waals surface area contributed by atoms with Crippen molar-refractivity contribution in [2.45, 2.75) is 12.4 Å². The number of thiol groups is 1. The average Bonchev–Trinajstić information content (AvgIpc) is 1.35. The van der Waals surface area contributed by atoms with E-state index in [0.29, 0.717) is 7.58 Å². The van der Waals surface area contributed by atoms with Crippen LogP contribution < -0.4 is 0 Å². The molecule has 0 saturated carbocycles. The maximum absolute atomic E-state index is 4.69. The maximum atomic E-state index is 4.69. The molecule has 1 atom stereocenters. The van der Waals surface area contributed by atoms with E-state index in [-0.39, 0.29) is 5.44 Å². The van der Waals surface area contributed by atoms with Gasteiger partial charge in [0, 0.05) is 0 Å². The summed E-state index contributed by atoms with van der Waals surface area (Å²) >= 11 is 8.31. The monoisotopic (exact) mass is 140 g/mol. The molecule has 0 aromatic heterocycles. The van der Waals surface area contributed by atoms with Crippen LogP contribution >= 0.6 is 20.2 Å². The third kappa shape index (κ3) is 4.83. The molecule has 0 aromatic rings. The fourth-order valence-corrected chi connectivity index (χ4v) is 0.907. The molecule has 0 N–H and O–H groups in total. The molecule has 0 fully saturated rings. The Balaban J connectivity index is 2.81. The molecule has 4 heteroatoms. The predicted octanol–water partition coefficient (Wildman–Crippen LogP) is 1.60. The summed E-state index contributed by atoms with van der Waals surface area (Å²) in [7, 11) is 0.531. The fraction of sp³-hybridized carbons (Fsp3) is 1.00. The summed E-state index contributed by atoms with van der Waals surface area (Å²) in [5.74, 6) is 0. The Bertz CT molecular complexity index is 46.8. The topological polar surface area (TPSA) is 9.23 Å². The molecule has 0 spiro atoms. The Morgan fingerprint density at radius 3 is 2.50 bits per heavy atom. The second-order valence-corrected chi connectivity index (χ2v) is 2.31. The van der Waals surface area contributed by atoms with E-state index in [9.17, 15) is 0 Å². The summed E-state index contributed by atoms with van der Waals surface area (Å²) in [6, 6.07) is 0. The third-order valence-electron chi connectivity index (χ3n) is 0.196. The summed E-state index contributed by atoms with van der Waals surface area (Å²) in [4.78, 5) is 0. The molecule has 1 nitrogen and oxygen atoms in total. The highest BCUT2D eigenvalue weighted by atomic mass is 32.4. The Labute approximate surface area is 49.4 Å². The van der Waals surface area contributed by atoms with Gasteiger partial charge in [-0.1, -0.05) is 0 Å². The van der Waals surface area contributed by atoms with Crippen LogP contribution in [0.25, 0.3) is 0 Å². The predicted molar refractivity (Wildman–Crippen MR) is 33.8 cm³/mol. The molecule has 0 aliphatic heterocycles. The summed E-state index contributed by atoms with van der Waals surface area (Å²) in [5, 5.41) is 0. The van der Waals surface area contributed by atoms with Crippen molar-refractivity contribution >= 4 is 32.0 Å². The fourth-order valence-electron chi connectivity index (χ4n) is 0.0623. The van der Waals surface area contributed by atoms with Gasteiger partial charge in [-0.2, -0.15) is 0 Å². The van der Waals surface area contributed by atoms with Gasteiger partial charge in [0.1, 0.15) is 13.0 Å². The molecular formula is C2H5OPS2. The quantitative estimate of drug-likeness (QED) is 0.354. The zero-order valence-electron chi connectivity index (χ0n) is 3.29. The first-order chi connectivity index (χ1) is 2.77. The molecule has 1 unspecified atom stereocenters. The van der Waals surface area contributed by atoms with Crippen LogP contribution in [-0.4, -0.2) is 5.44 Å². The van der Waals surface area contributed by atoms with E-state index in [4.69, 9.17) is 4.52 Å². The van der Waals surface area contributed by atoms with E-state index in [1.807, 2.05) is 6.92 Å². The zero-order valence-corrected chi connectivity index (χ0v) is 5.89. The van der Waals surface area contributed by atoms with Crippen LogP contribution in [0.5, 0.6) is 0 Å². The van der Waals surface area contributed by atoms with Crippen molar-refractivity contribution < 1.29 is 4.52 Å². The summed E-state index contributed by atoms with van der Waals surface area (Å²) < 4.78 is 4.69. The first-order valence-electron chi connectivity index (χ1n) is 1.44. The van der Waals surface area contributed by atoms with Gasteiger partial charge in [0.25, 0.3) is 0 Å². The first kappa shape index (κ1) is 6.83. The Hall–Kier alpha value is 0.830. The number of hydrogen-bond donors (Lipinski definition) is 1. The standard InChI is InChI=1S/C2H5OPS2/c1-2(5)3-4-6/h2,5H,1H3. The minimum Gasteiger partial charge on any atom is -0.304 e. The average molecular weight is 140 g/mol. The highest BCUT2D eigenvalue weighted by molar-refractivity contribution is 7.94. The molecule has 0 heterocycles. The van der Waals surface area contributed by atoms with Crippen LogP contribution in [0.1, 0.15) is 6.92 Å². The molecule has 0 bridgehead atoms. The molecule has 0 aliphatic rings. The second-order valence-electron chi connectivity index (χ2n) is 0.779. The maximum Gasteiger partial charge on any atom is 0.138 e. The van der Waals surface area contributed by atoms with E-state index in [1.54, 1.807) is 0 Å². The van der Waals surface area contributed by atoms with E-state index >= 15 is 0 Å². The minimum atomic E-state index is -0.0239. The Kier molecular flexibility index (Phi) is 4.56. The van der Waals surface area contributed by atoms with Crippen molar-refractivity contribution in [1.29, 1.82) is 0 Å². The van der Waals surface area contributed by atoms with E-state index in [1.165, 1.54) is 0 Å². The highest BCUT2D eigenvalue weighted by Gasteiger charge is 1.84. The SMILES string of the molecule is CC(S)OP=S. The van der Waals surface area contributed by atoms with Crippen molar-refractivity contribution in [3.8, 4) is 0 Å². The minimum absolute atomic E-state index is 0.0239. The second kappa shape index (κ2) is 4.00. The van der Waals surface area contributed by atoms with Crippen molar-refractivity contribution in [2.75, 3.05) is 0 Å². The smallest absolute Gasteiger partial charge is 0.138 e. The molecule has 36 valence electrons. The number of hydrogen-bond acceptors (Lipinski definition) is 3. The van der Waals surface area contributed by atoms with Crippen LogP contribution in [-0.2, 0) is 16.3 Å². The van der Waals surface area contributed by atoms with Crippen molar-refractivity contribution in [2.24, 2.45) is 0 Å². The lowest BCUT2D eigenvalue weighted by atomic mass is 10.9. The van der Waals surface area contributed by atoms with Gasteiger partial charge >= 0.3 is 0 Å². The zero-order chi connectivity index (χ0) is 4.99. The van der Waals surface area contributed by atoms with Gasteiger partial charge in [-0.3, -0.25) is 0 Å². The van der Waals surface area contributed by atoms with Crippen molar-refractivity contribution in [1.82, 2.24) is 0 Å². The van der Waals surface area contributed by atoms with Crippen LogP contribution in [0.2, 0.25) is 0 Å². The third-order valence-corrected chi connectivity index (χ3v) is 1.13. The molecule has 0 amide bonds. The molecule has 0 saturated heterocycles. The van der Waals surface area contributed by atoms with Crippen LogP contribution in [0.4, 0.5) is 0 Å². The van der Waals surface area contributed by atoms with Gasteiger partial charge in [0.15, 0.2) is 0 Å². The molecule has 0 aromatic carbocycles. The van der Waals surface area contributed by atoms with Gasteiger partial charge in [0.05, 0.1) is 0 Å². The highest BCUT2D eigenvalue weighted by Crippen LogP contribution is 2.03. The largest absolute Gasteiger partial charge is 0.304 e. The molecule has 6 heavy (non-hydrogen) atoms. The van der Waals surface area contributed by atoms with Crippen LogP contribution in [0.3, 0.4) is 0 Å². The van der Waals surface area contributed by atoms with Gasteiger partial charge in [0.2, 0.25) is 0 Å². The van der Waals surface area contributed by atoms with Crippen molar-refractivity contribution in [3.05, 3.63) is 0 Å². The van der Waals surface area contributed by atoms with E-state index in [2.05, 4.69) is 24.4 Å². The lowest BCUT2D eigenvalue weighted by molar-refractivity contribution is 0.364. The van der Waals surface area contributed by atoms with Gasteiger partial charge in [-0.25, -0.2) is 0 Å². The molecule has 0 rings (SSSR count). The van der Waals surface area contributed by atoms with E-state index in [0.717, 1.165) is 0 Å². The summed E-state index contributed by atoms with van der Waals surface area (Å²) in [6.45, 7) is 1.82. The first-order valence-corrected chi connectivity index (χ1v) is 3.78. The lowest BCUT2D eigenvalue weighted by Crippen LogP contribution is -1.84. The summed E-state index contributed by atoms with van der Waals surface area (Å²) in [5.41, 5.74) is -0.0239. The Morgan fingerprint density at radius 2 is 2.50 bits per heavy atom. The normalized spacial score (nSPS) is 15.0. The molecule has 0 aliphatic carbocycles.